The van der Waals surface area contributed by atoms with Crippen molar-refractivity contribution >= 4 is 11.8 Å². The lowest BCUT2D eigenvalue weighted by Gasteiger charge is -2.15. The molecule has 0 unspecified atom stereocenters. The predicted octanol–water partition coefficient (Wildman–Crippen LogP) is 1.94. The van der Waals surface area contributed by atoms with Crippen LogP contribution in [-0.4, -0.2) is 34.6 Å². The number of carbonyl (C=O) groups is 1. The van der Waals surface area contributed by atoms with Crippen LogP contribution in [0.4, 0.5) is 14.6 Å². The van der Waals surface area contributed by atoms with Gasteiger partial charge in [0.1, 0.15) is 18.7 Å². The number of anilines is 1. The van der Waals surface area contributed by atoms with E-state index in [1.54, 1.807) is 7.05 Å². The zero-order valence-corrected chi connectivity index (χ0v) is 10.5. The smallest absolute Gasteiger partial charge is 0.323 e. The summed E-state index contributed by atoms with van der Waals surface area (Å²) in [5, 5.41) is 8.72. The molecule has 0 fully saturated rings. The lowest BCUT2D eigenvalue weighted by Crippen LogP contribution is -2.25. The quantitative estimate of drug-likeness (QED) is 0.926. The van der Waals surface area contributed by atoms with Gasteiger partial charge in [-0.15, -0.1) is 0 Å². The Morgan fingerprint density at radius 1 is 1.25 bits per heavy atom. The van der Waals surface area contributed by atoms with Crippen molar-refractivity contribution in [3.05, 3.63) is 42.2 Å². The van der Waals surface area contributed by atoms with Gasteiger partial charge in [0, 0.05) is 18.7 Å². The number of hydrogen-bond acceptors (Lipinski definition) is 4. The lowest BCUT2D eigenvalue weighted by molar-refractivity contribution is -0.135. The average Bonchev–Trinajstić information content (AvgIpc) is 2.41. The van der Waals surface area contributed by atoms with Gasteiger partial charge in [0.15, 0.2) is 11.6 Å². The van der Waals surface area contributed by atoms with Crippen molar-refractivity contribution in [3.63, 3.8) is 0 Å². The van der Waals surface area contributed by atoms with Crippen molar-refractivity contribution in [1.82, 2.24) is 9.97 Å². The molecule has 0 aliphatic rings. The summed E-state index contributed by atoms with van der Waals surface area (Å²) in [6, 6.07) is 4.93. The van der Waals surface area contributed by atoms with Crippen LogP contribution in [0.3, 0.4) is 0 Å². The molecular weight excluding hydrogens is 268 g/mol. The van der Waals surface area contributed by atoms with Crippen LogP contribution in [0.2, 0.25) is 0 Å². The second kappa shape index (κ2) is 5.60. The van der Waals surface area contributed by atoms with E-state index in [1.165, 1.54) is 23.4 Å². The number of likely N-dealkylation sites (N-methyl/N-ethyl adjacent to an activating group) is 1. The van der Waals surface area contributed by atoms with Gasteiger partial charge in [0.2, 0.25) is 0 Å². The van der Waals surface area contributed by atoms with Crippen LogP contribution in [0, 0.1) is 11.6 Å². The second-order valence-electron chi connectivity index (χ2n) is 4.14. The summed E-state index contributed by atoms with van der Waals surface area (Å²) in [5.74, 6) is -2.53. The average molecular weight is 279 g/mol. The number of aliphatic carboxylic acids is 1. The molecule has 0 bridgehead atoms. The molecule has 1 heterocycles. The predicted molar refractivity (Wildman–Crippen MR) is 68.3 cm³/mol. The van der Waals surface area contributed by atoms with Gasteiger partial charge >= 0.3 is 5.97 Å². The van der Waals surface area contributed by atoms with E-state index in [9.17, 15) is 13.6 Å². The summed E-state index contributed by atoms with van der Waals surface area (Å²) in [6.45, 7) is -0.228. The lowest BCUT2D eigenvalue weighted by atomic mass is 10.1. The van der Waals surface area contributed by atoms with Gasteiger partial charge in [-0.1, -0.05) is 0 Å². The number of halogens is 2. The van der Waals surface area contributed by atoms with Gasteiger partial charge in [-0.25, -0.2) is 18.7 Å². The first kappa shape index (κ1) is 13.9. The highest BCUT2D eigenvalue weighted by Crippen LogP contribution is 2.22. The molecule has 2 rings (SSSR count). The van der Waals surface area contributed by atoms with Crippen LogP contribution in [-0.2, 0) is 4.79 Å². The summed E-state index contributed by atoms with van der Waals surface area (Å²) in [4.78, 5) is 20.0. The Kier molecular flexibility index (Phi) is 3.88. The molecule has 1 N–H and O–H groups in total. The second-order valence-corrected chi connectivity index (χ2v) is 4.14. The van der Waals surface area contributed by atoms with Gasteiger partial charge in [0.25, 0.3) is 0 Å². The molecule has 5 nitrogen and oxygen atoms in total. The minimum Gasteiger partial charge on any atom is -0.480 e. The van der Waals surface area contributed by atoms with Crippen LogP contribution in [0.25, 0.3) is 11.3 Å². The molecular formula is C13H11F2N3O2. The number of aromatic nitrogens is 2. The van der Waals surface area contributed by atoms with Crippen LogP contribution in [0.1, 0.15) is 0 Å². The zero-order chi connectivity index (χ0) is 14.7. The molecule has 0 radical (unpaired) electrons. The number of hydrogen-bond donors (Lipinski definition) is 1. The molecule has 1 aromatic carbocycles. The number of benzene rings is 1. The molecule has 0 aliphatic carbocycles. The maximum Gasteiger partial charge on any atom is 0.323 e. The Balaban J connectivity index is 2.33. The first-order valence-corrected chi connectivity index (χ1v) is 5.68. The summed E-state index contributed by atoms with van der Waals surface area (Å²) in [7, 11) is 1.56. The SMILES string of the molecule is CN(CC(=O)O)c1cc(-c2ccc(F)c(F)c2)ncn1. The summed E-state index contributed by atoms with van der Waals surface area (Å²) < 4.78 is 26.1. The van der Waals surface area contributed by atoms with Crippen molar-refractivity contribution in [2.45, 2.75) is 0 Å². The van der Waals surface area contributed by atoms with E-state index >= 15 is 0 Å². The van der Waals surface area contributed by atoms with Gasteiger partial charge in [-0.2, -0.15) is 0 Å². The van der Waals surface area contributed by atoms with E-state index in [4.69, 9.17) is 5.11 Å². The molecule has 0 atom stereocenters. The van der Waals surface area contributed by atoms with E-state index in [0.29, 0.717) is 17.1 Å². The minimum absolute atomic E-state index is 0.228. The molecule has 20 heavy (non-hydrogen) atoms. The van der Waals surface area contributed by atoms with Crippen molar-refractivity contribution in [3.8, 4) is 11.3 Å². The summed E-state index contributed by atoms with van der Waals surface area (Å²) in [5.41, 5.74) is 0.766. The standard InChI is InChI=1S/C13H11F2N3O2/c1-18(6-13(19)20)12-5-11(16-7-17-12)8-2-3-9(14)10(15)4-8/h2-5,7H,6H2,1H3,(H,19,20). The summed E-state index contributed by atoms with van der Waals surface area (Å²) >= 11 is 0. The van der Waals surface area contributed by atoms with Crippen LogP contribution in [0.5, 0.6) is 0 Å². The van der Waals surface area contributed by atoms with Crippen LogP contribution in [0.15, 0.2) is 30.6 Å². The number of carboxylic acid groups (broad SMARTS) is 1. The summed E-state index contributed by atoms with van der Waals surface area (Å²) in [6.07, 6.45) is 1.24. The fourth-order valence-corrected chi connectivity index (χ4v) is 1.65. The molecule has 0 spiro atoms. The molecule has 0 saturated carbocycles. The van der Waals surface area contributed by atoms with Gasteiger partial charge in [-0.05, 0) is 18.2 Å². The van der Waals surface area contributed by atoms with E-state index in [0.717, 1.165) is 12.1 Å². The molecule has 0 aliphatic heterocycles. The fraction of sp³-hybridized carbons (Fsp3) is 0.154. The fourth-order valence-electron chi connectivity index (χ4n) is 1.65. The Hall–Kier alpha value is -2.57. The highest BCUT2D eigenvalue weighted by atomic mass is 19.2. The molecule has 2 aromatic rings. The van der Waals surface area contributed by atoms with Crippen molar-refractivity contribution in [1.29, 1.82) is 0 Å². The van der Waals surface area contributed by atoms with Crippen LogP contribution >= 0.6 is 0 Å². The Morgan fingerprint density at radius 3 is 2.65 bits per heavy atom. The molecule has 7 heteroatoms. The molecule has 104 valence electrons. The maximum absolute atomic E-state index is 13.2. The van der Waals surface area contributed by atoms with Gasteiger partial charge < -0.3 is 10.0 Å². The van der Waals surface area contributed by atoms with Crippen molar-refractivity contribution < 1.29 is 18.7 Å². The number of nitrogens with zero attached hydrogens (tertiary/aromatic N) is 3. The zero-order valence-electron chi connectivity index (χ0n) is 10.5. The Morgan fingerprint density at radius 2 is 2.00 bits per heavy atom. The van der Waals surface area contributed by atoms with Crippen molar-refractivity contribution in [2.24, 2.45) is 0 Å². The number of carboxylic acids is 1. The molecule has 1 aromatic heterocycles. The number of rotatable bonds is 4. The van der Waals surface area contributed by atoms with Gasteiger partial charge in [-0.3, -0.25) is 4.79 Å². The highest BCUT2D eigenvalue weighted by molar-refractivity contribution is 5.73. The topological polar surface area (TPSA) is 66.3 Å². The molecule has 0 amide bonds. The maximum atomic E-state index is 13.2. The third-order valence-electron chi connectivity index (χ3n) is 2.63. The first-order chi connectivity index (χ1) is 9.47. The normalized spacial score (nSPS) is 10.3. The largest absolute Gasteiger partial charge is 0.480 e. The first-order valence-electron chi connectivity index (χ1n) is 5.68. The van der Waals surface area contributed by atoms with Crippen molar-refractivity contribution in [2.75, 3.05) is 18.5 Å². The van der Waals surface area contributed by atoms with E-state index in [-0.39, 0.29) is 6.54 Å². The monoisotopic (exact) mass is 279 g/mol. The van der Waals surface area contributed by atoms with E-state index in [2.05, 4.69) is 9.97 Å². The Bertz CT molecular complexity index is 649. The van der Waals surface area contributed by atoms with Gasteiger partial charge in [0.05, 0.1) is 5.69 Å². The Labute approximate surface area is 113 Å². The third kappa shape index (κ3) is 3.05. The van der Waals surface area contributed by atoms with E-state index in [1.807, 2.05) is 0 Å². The molecule has 0 saturated heterocycles. The third-order valence-corrected chi connectivity index (χ3v) is 2.63. The minimum atomic E-state index is -1.000. The highest BCUT2D eigenvalue weighted by Gasteiger charge is 2.10. The van der Waals surface area contributed by atoms with Crippen LogP contribution < -0.4 is 4.90 Å². The van der Waals surface area contributed by atoms with E-state index < -0.39 is 17.6 Å².